The molecule has 0 aliphatic rings. The third kappa shape index (κ3) is 3.69. The average molecular weight is 361 g/mol. The molecule has 0 atom stereocenters. The van der Waals surface area contributed by atoms with Crippen molar-refractivity contribution in [2.24, 2.45) is 0 Å². The van der Waals surface area contributed by atoms with Crippen molar-refractivity contribution in [1.82, 2.24) is 9.97 Å². The van der Waals surface area contributed by atoms with Crippen LogP contribution < -0.4 is 5.32 Å². The summed E-state index contributed by atoms with van der Waals surface area (Å²) in [4.78, 5) is 18.8. The number of benzene rings is 2. The van der Waals surface area contributed by atoms with Crippen LogP contribution in [0.25, 0.3) is 11.1 Å². The number of carbonyl (C=O) groups is 1. The number of alkyl halides is 3. The highest BCUT2D eigenvalue weighted by atomic mass is 19.4. The number of carbonyl (C=O) groups excluding carboxylic acids is 1. The lowest BCUT2D eigenvalue weighted by Crippen LogP contribution is -2.19. The lowest BCUT2D eigenvalue weighted by Gasteiger charge is -2.15. The molecule has 0 bridgehead atoms. The van der Waals surface area contributed by atoms with Crippen LogP contribution in [0.15, 0.2) is 60.9 Å². The molecule has 132 valence electrons. The van der Waals surface area contributed by atoms with Crippen LogP contribution in [0.3, 0.4) is 0 Å². The van der Waals surface area contributed by atoms with Crippen molar-refractivity contribution in [1.29, 1.82) is 0 Å². The van der Waals surface area contributed by atoms with Gasteiger partial charge in [-0.25, -0.2) is 9.97 Å². The van der Waals surface area contributed by atoms with Gasteiger partial charge < -0.3 is 5.32 Å². The fraction of sp³-hybridized carbons (Fsp3) is 0.0556. The van der Waals surface area contributed by atoms with Crippen LogP contribution in [0.1, 0.15) is 16.1 Å². The van der Waals surface area contributed by atoms with Gasteiger partial charge in [0.2, 0.25) is 5.95 Å². The molecular weight excluding hydrogens is 350 g/mol. The molecule has 26 heavy (non-hydrogen) atoms. The van der Waals surface area contributed by atoms with Gasteiger partial charge in [0.25, 0.3) is 5.91 Å². The summed E-state index contributed by atoms with van der Waals surface area (Å²) in [5.41, 5.74) is -1.30. The molecule has 8 heteroatoms. The van der Waals surface area contributed by atoms with Gasteiger partial charge in [0, 0.05) is 12.4 Å². The van der Waals surface area contributed by atoms with Crippen molar-refractivity contribution >= 4 is 11.6 Å². The Bertz CT molecular complexity index is 943. The fourth-order valence-electron chi connectivity index (χ4n) is 2.35. The number of nitrogens with zero attached hydrogens (tertiary/aromatic N) is 2. The molecule has 0 aliphatic heterocycles. The molecule has 1 amide bonds. The minimum absolute atomic E-state index is 0.335. The highest BCUT2D eigenvalue weighted by molar-refractivity contribution is 6.03. The van der Waals surface area contributed by atoms with Gasteiger partial charge in [-0.2, -0.15) is 17.6 Å². The second-order valence-electron chi connectivity index (χ2n) is 5.27. The Labute approximate surface area is 145 Å². The lowest BCUT2D eigenvalue weighted by molar-refractivity contribution is -0.136. The molecule has 0 aliphatic carbocycles. The maximum Gasteiger partial charge on any atom is 0.418 e. The largest absolute Gasteiger partial charge is 0.418 e. The van der Waals surface area contributed by atoms with Gasteiger partial charge in [-0.05, 0) is 23.3 Å². The summed E-state index contributed by atoms with van der Waals surface area (Å²) < 4.78 is 53.8. The van der Waals surface area contributed by atoms with Crippen molar-refractivity contribution in [2.45, 2.75) is 6.18 Å². The molecular formula is C18H11F4N3O. The van der Waals surface area contributed by atoms with Gasteiger partial charge in [0.05, 0.1) is 11.3 Å². The van der Waals surface area contributed by atoms with E-state index in [1.165, 1.54) is 6.07 Å². The maximum absolute atomic E-state index is 13.5. The predicted octanol–water partition coefficient (Wildman–Crippen LogP) is 4.55. The first kappa shape index (κ1) is 17.5. The van der Waals surface area contributed by atoms with Gasteiger partial charge in [-0.3, -0.25) is 4.79 Å². The third-order valence-corrected chi connectivity index (χ3v) is 3.55. The van der Waals surface area contributed by atoms with Gasteiger partial charge in [0.1, 0.15) is 0 Å². The van der Waals surface area contributed by atoms with Crippen LogP contribution in [0.4, 0.5) is 23.2 Å². The van der Waals surface area contributed by atoms with E-state index in [1.807, 2.05) is 0 Å². The Morgan fingerprint density at radius 2 is 1.62 bits per heavy atom. The Morgan fingerprint density at radius 3 is 2.27 bits per heavy atom. The van der Waals surface area contributed by atoms with Gasteiger partial charge in [-0.1, -0.05) is 36.4 Å². The van der Waals surface area contributed by atoms with Gasteiger partial charge in [-0.15, -0.1) is 0 Å². The number of amides is 1. The van der Waals surface area contributed by atoms with E-state index in [4.69, 9.17) is 0 Å². The Hall–Kier alpha value is -3.29. The molecule has 1 aromatic heterocycles. The number of anilines is 1. The lowest BCUT2D eigenvalue weighted by atomic mass is 10.0. The van der Waals surface area contributed by atoms with E-state index in [9.17, 15) is 22.4 Å². The van der Waals surface area contributed by atoms with E-state index in [0.717, 1.165) is 24.5 Å². The molecule has 0 spiro atoms. The fourth-order valence-corrected chi connectivity index (χ4v) is 2.35. The second-order valence-corrected chi connectivity index (χ2v) is 5.27. The second kappa shape index (κ2) is 6.91. The summed E-state index contributed by atoms with van der Waals surface area (Å²) in [6.45, 7) is 0. The van der Waals surface area contributed by atoms with E-state index in [1.54, 1.807) is 30.3 Å². The minimum atomic E-state index is -4.71. The molecule has 3 aromatic rings. The Morgan fingerprint density at radius 1 is 0.923 bits per heavy atom. The van der Waals surface area contributed by atoms with Crippen LogP contribution in [-0.4, -0.2) is 15.9 Å². The molecule has 0 fully saturated rings. The zero-order valence-corrected chi connectivity index (χ0v) is 13.1. The van der Waals surface area contributed by atoms with Crippen LogP contribution in [0.2, 0.25) is 0 Å². The predicted molar refractivity (Wildman–Crippen MR) is 86.8 cm³/mol. The van der Waals surface area contributed by atoms with Crippen molar-refractivity contribution < 1.29 is 22.4 Å². The zero-order chi connectivity index (χ0) is 18.7. The molecule has 0 saturated heterocycles. The number of rotatable bonds is 3. The van der Waals surface area contributed by atoms with E-state index < -0.39 is 35.0 Å². The summed E-state index contributed by atoms with van der Waals surface area (Å²) in [7, 11) is 0. The molecule has 1 heterocycles. The van der Waals surface area contributed by atoms with E-state index in [0.29, 0.717) is 11.1 Å². The van der Waals surface area contributed by atoms with Gasteiger partial charge in [0.15, 0.2) is 5.69 Å². The number of hydrogen-bond acceptors (Lipinski definition) is 3. The highest BCUT2D eigenvalue weighted by Crippen LogP contribution is 2.37. The first-order valence-corrected chi connectivity index (χ1v) is 7.41. The number of halogens is 4. The topological polar surface area (TPSA) is 54.9 Å². The number of hydrogen-bond donors (Lipinski definition) is 1. The van der Waals surface area contributed by atoms with Gasteiger partial charge >= 0.3 is 6.18 Å². The summed E-state index contributed by atoms with van der Waals surface area (Å²) in [5, 5.41) is 2.05. The SMILES string of the molecule is O=C(Nc1ccc(-c2ccccc2)cc1C(F)(F)F)c1nccnc1F. The molecule has 0 unspecified atom stereocenters. The first-order chi connectivity index (χ1) is 12.4. The molecule has 4 nitrogen and oxygen atoms in total. The summed E-state index contributed by atoms with van der Waals surface area (Å²) in [6.07, 6.45) is -2.61. The van der Waals surface area contributed by atoms with E-state index in [2.05, 4.69) is 15.3 Å². The minimum Gasteiger partial charge on any atom is -0.320 e. The molecule has 3 rings (SSSR count). The van der Waals surface area contributed by atoms with Crippen LogP contribution in [0, 0.1) is 5.95 Å². The monoisotopic (exact) mass is 361 g/mol. The summed E-state index contributed by atoms with van der Waals surface area (Å²) in [6, 6.07) is 12.0. The van der Waals surface area contributed by atoms with Crippen LogP contribution in [-0.2, 0) is 6.18 Å². The quantitative estimate of drug-likeness (QED) is 0.696. The number of nitrogens with one attached hydrogen (secondary N) is 1. The van der Waals surface area contributed by atoms with Crippen molar-refractivity contribution in [3.63, 3.8) is 0 Å². The summed E-state index contributed by atoms with van der Waals surface area (Å²) in [5.74, 6) is -2.28. The molecule has 0 radical (unpaired) electrons. The molecule has 2 aromatic carbocycles. The Balaban J connectivity index is 1.99. The van der Waals surface area contributed by atoms with Crippen molar-refractivity contribution in [2.75, 3.05) is 5.32 Å². The molecule has 0 saturated carbocycles. The normalized spacial score (nSPS) is 11.2. The Kier molecular flexibility index (Phi) is 4.66. The first-order valence-electron chi connectivity index (χ1n) is 7.41. The summed E-state index contributed by atoms with van der Waals surface area (Å²) >= 11 is 0. The van der Waals surface area contributed by atoms with Crippen LogP contribution in [0.5, 0.6) is 0 Å². The standard InChI is InChI=1S/C18H11F4N3O/c19-16-15(23-8-9-24-16)17(26)25-14-7-6-12(10-13(14)18(20,21)22)11-4-2-1-3-5-11/h1-10H,(H,25,26). The van der Waals surface area contributed by atoms with Crippen molar-refractivity contribution in [3.8, 4) is 11.1 Å². The number of aromatic nitrogens is 2. The third-order valence-electron chi connectivity index (χ3n) is 3.55. The highest BCUT2D eigenvalue weighted by Gasteiger charge is 2.34. The average Bonchev–Trinajstić information content (AvgIpc) is 2.62. The van der Waals surface area contributed by atoms with E-state index >= 15 is 0 Å². The maximum atomic E-state index is 13.5. The van der Waals surface area contributed by atoms with Crippen LogP contribution >= 0.6 is 0 Å². The van der Waals surface area contributed by atoms with E-state index in [-0.39, 0.29) is 0 Å². The van der Waals surface area contributed by atoms with Crippen molar-refractivity contribution in [3.05, 3.63) is 78.1 Å². The smallest absolute Gasteiger partial charge is 0.320 e. The molecule has 1 N–H and O–H groups in total. The zero-order valence-electron chi connectivity index (χ0n) is 13.1.